The van der Waals surface area contributed by atoms with Crippen LogP contribution in [0.5, 0.6) is 0 Å². The summed E-state index contributed by atoms with van der Waals surface area (Å²) in [7, 11) is 0. The Hall–Kier alpha value is -2.70. The number of nitrogens with one attached hydrogen (secondary N) is 2. The lowest BCUT2D eigenvalue weighted by Gasteiger charge is -2.14. The number of halogens is 2. The van der Waals surface area contributed by atoms with Crippen LogP contribution < -0.4 is 10.6 Å². The maximum absolute atomic E-state index is 13.4. The van der Waals surface area contributed by atoms with Gasteiger partial charge in [-0.2, -0.15) is 0 Å². The fourth-order valence-corrected chi connectivity index (χ4v) is 3.91. The molecule has 0 radical (unpaired) electrons. The fourth-order valence-electron chi connectivity index (χ4n) is 2.72. The van der Waals surface area contributed by atoms with Crippen LogP contribution in [0.2, 0.25) is 5.02 Å². The first-order valence-corrected chi connectivity index (χ1v) is 9.77. The number of thiophene rings is 1. The summed E-state index contributed by atoms with van der Waals surface area (Å²) in [5.41, 5.74) is 1.78. The molecule has 0 bridgehead atoms. The average molecular weight is 417 g/mol. The minimum Gasteiger partial charge on any atom is -0.345 e. The summed E-state index contributed by atoms with van der Waals surface area (Å²) >= 11 is 7.23. The van der Waals surface area contributed by atoms with Gasteiger partial charge in [-0.25, -0.2) is 4.39 Å². The number of rotatable bonds is 5. The highest BCUT2D eigenvalue weighted by atomic mass is 35.5. The Balaban J connectivity index is 1.72. The molecule has 0 unspecified atom stereocenters. The third-order valence-corrected chi connectivity index (χ3v) is 5.66. The number of amides is 2. The van der Waals surface area contributed by atoms with Gasteiger partial charge in [0.15, 0.2) is 0 Å². The Morgan fingerprint density at radius 1 is 1.07 bits per heavy atom. The number of anilines is 1. The number of benzene rings is 2. The highest BCUT2D eigenvalue weighted by molar-refractivity contribution is 7.18. The molecule has 144 valence electrons. The van der Waals surface area contributed by atoms with E-state index in [1.807, 2.05) is 0 Å². The number of aryl methyl sites for hydroxylation is 1. The van der Waals surface area contributed by atoms with Crippen LogP contribution in [-0.2, 0) is 0 Å². The molecule has 2 aromatic carbocycles. The Labute approximate surface area is 171 Å². The van der Waals surface area contributed by atoms with E-state index in [-0.39, 0.29) is 23.7 Å². The van der Waals surface area contributed by atoms with E-state index in [0.717, 1.165) is 5.56 Å². The molecule has 0 aliphatic rings. The Kier molecular flexibility index (Phi) is 6.11. The van der Waals surface area contributed by atoms with Crippen molar-refractivity contribution < 1.29 is 14.0 Å². The molecule has 0 spiro atoms. The van der Waals surface area contributed by atoms with Crippen LogP contribution in [-0.4, -0.2) is 11.8 Å². The molecule has 0 saturated carbocycles. The third kappa shape index (κ3) is 4.58. The summed E-state index contributed by atoms with van der Waals surface area (Å²) in [5.74, 6) is -0.972. The van der Waals surface area contributed by atoms with Gasteiger partial charge in [-0.05, 0) is 55.3 Å². The van der Waals surface area contributed by atoms with Crippen LogP contribution in [0.4, 0.5) is 9.39 Å². The smallest absolute Gasteiger partial charge is 0.262 e. The summed E-state index contributed by atoms with van der Waals surface area (Å²) in [6.07, 6.45) is 0. The molecule has 7 heteroatoms. The largest absolute Gasteiger partial charge is 0.345 e. The molecule has 0 saturated heterocycles. The highest BCUT2D eigenvalue weighted by Crippen LogP contribution is 2.28. The highest BCUT2D eigenvalue weighted by Gasteiger charge is 2.18. The molecule has 1 heterocycles. The van der Waals surface area contributed by atoms with E-state index in [0.29, 0.717) is 26.0 Å². The molecule has 3 aromatic rings. The van der Waals surface area contributed by atoms with Crippen molar-refractivity contribution in [3.8, 4) is 0 Å². The van der Waals surface area contributed by atoms with Crippen molar-refractivity contribution >= 4 is 39.8 Å². The second-order valence-corrected chi connectivity index (χ2v) is 7.77. The van der Waals surface area contributed by atoms with E-state index in [9.17, 15) is 14.0 Å². The third-order valence-electron chi connectivity index (χ3n) is 4.18. The summed E-state index contributed by atoms with van der Waals surface area (Å²) in [4.78, 5) is 25.5. The van der Waals surface area contributed by atoms with Gasteiger partial charge in [0.05, 0.1) is 26.5 Å². The van der Waals surface area contributed by atoms with Gasteiger partial charge >= 0.3 is 0 Å². The van der Waals surface area contributed by atoms with Gasteiger partial charge in [0.1, 0.15) is 5.82 Å². The Morgan fingerprint density at radius 2 is 1.82 bits per heavy atom. The van der Waals surface area contributed by atoms with Crippen LogP contribution in [0.15, 0.2) is 54.6 Å². The molecule has 2 amide bonds. The molecule has 3 rings (SSSR count). The Morgan fingerprint density at radius 3 is 2.54 bits per heavy atom. The van der Waals surface area contributed by atoms with Crippen LogP contribution >= 0.6 is 22.9 Å². The summed E-state index contributed by atoms with van der Waals surface area (Å²) in [5, 5.41) is 6.54. The van der Waals surface area contributed by atoms with E-state index < -0.39 is 0 Å². The van der Waals surface area contributed by atoms with Crippen LogP contribution in [0.1, 0.15) is 44.1 Å². The SMILES string of the molecule is Cc1cc(NC(=O)c2ccccc2Cl)sc1C(=O)N[C@H](C)c1cccc(F)c1. The van der Waals surface area contributed by atoms with E-state index in [1.165, 1.54) is 23.5 Å². The predicted octanol–water partition coefficient (Wildman–Crippen LogP) is 5.59. The number of carbonyl (C=O) groups excluding carboxylic acids is 2. The van der Waals surface area contributed by atoms with Gasteiger partial charge in [-0.1, -0.05) is 35.9 Å². The van der Waals surface area contributed by atoms with Gasteiger partial charge in [-0.15, -0.1) is 11.3 Å². The van der Waals surface area contributed by atoms with Crippen LogP contribution in [0.25, 0.3) is 0 Å². The minimum atomic E-state index is -0.356. The van der Waals surface area contributed by atoms with E-state index in [2.05, 4.69) is 10.6 Å². The predicted molar refractivity (Wildman–Crippen MR) is 111 cm³/mol. The van der Waals surface area contributed by atoms with E-state index in [4.69, 9.17) is 11.6 Å². The lowest BCUT2D eigenvalue weighted by atomic mass is 10.1. The van der Waals surface area contributed by atoms with Crippen molar-refractivity contribution in [2.75, 3.05) is 5.32 Å². The molecule has 28 heavy (non-hydrogen) atoms. The van der Waals surface area contributed by atoms with Crippen molar-refractivity contribution in [3.63, 3.8) is 0 Å². The first-order chi connectivity index (χ1) is 13.3. The van der Waals surface area contributed by atoms with Crippen molar-refractivity contribution in [2.24, 2.45) is 0 Å². The standard InChI is InChI=1S/C21H18ClFN2O2S/c1-12-10-18(25-20(26)16-8-3-4-9-17(16)22)28-19(12)21(27)24-13(2)14-6-5-7-15(23)11-14/h3-11,13H,1-2H3,(H,24,27)(H,25,26)/t13-/m1/s1. The molecule has 1 aromatic heterocycles. The molecule has 0 fully saturated rings. The van der Waals surface area contributed by atoms with Gasteiger partial charge in [0, 0.05) is 0 Å². The summed E-state index contributed by atoms with van der Waals surface area (Å²) in [6, 6.07) is 14.2. The van der Waals surface area contributed by atoms with Crippen molar-refractivity contribution in [1.29, 1.82) is 0 Å². The van der Waals surface area contributed by atoms with Crippen molar-refractivity contribution in [1.82, 2.24) is 5.32 Å². The van der Waals surface area contributed by atoms with Crippen LogP contribution in [0.3, 0.4) is 0 Å². The zero-order chi connectivity index (χ0) is 20.3. The van der Waals surface area contributed by atoms with E-state index in [1.54, 1.807) is 56.3 Å². The van der Waals surface area contributed by atoms with Crippen molar-refractivity contribution in [3.05, 3.63) is 87.0 Å². The van der Waals surface area contributed by atoms with Gasteiger partial charge in [0.2, 0.25) is 0 Å². The first-order valence-electron chi connectivity index (χ1n) is 8.58. The fraction of sp³-hybridized carbons (Fsp3) is 0.143. The summed E-state index contributed by atoms with van der Waals surface area (Å²) < 4.78 is 13.4. The quantitative estimate of drug-likeness (QED) is 0.569. The number of carbonyl (C=O) groups is 2. The maximum Gasteiger partial charge on any atom is 0.262 e. The van der Waals surface area contributed by atoms with Gasteiger partial charge in [-0.3, -0.25) is 9.59 Å². The average Bonchev–Trinajstić information content (AvgIpc) is 3.02. The normalized spacial score (nSPS) is 11.7. The first kappa shape index (κ1) is 20.0. The topological polar surface area (TPSA) is 58.2 Å². The maximum atomic E-state index is 13.4. The number of hydrogen-bond acceptors (Lipinski definition) is 3. The zero-order valence-corrected chi connectivity index (χ0v) is 16.8. The lowest BCUT2D eigenvalue weighted by molar-refractivity contribution is 0.0942. The minimum absolute atomic E-state index is 0.280. The second kappa shape index (κ2) is 8.54. The lowest BCUT2D eigenvalue weighted by Crippen LogP contribution is -2.26. The van der Waals surface area contributed by atoms with Gasteiger partial charge in [0.25, 0.3) is 11.8 Å². The monoisotopic (exact) mass is 416 g/mol. The second-order valence-electron chi connectivity index (χ2n) is 6.31. The van der Waals surface area contributed by atoms with Crippen molar-refractivity contribution in [2.45, 2.75) is 19.9 Å². The Bertz CT molecular complexity index is 1030. The van der Waals surface area contributed by atoms with Gasteiger partial charge < -0.3 is 10.6 Å². The summed E-state index contributed by atoms with van der Waals surface area (Å²) in [6.45, 7) is 3.58. The molecule has 0 aliphatic heterocycles. The molecule has 4 nitrogen and oxygen atoms in total. The van der Waals surface area contributed by atoms with Crippen LogP contribution in [0, 0.1) is 12.7 Å². The molecule has 2 N–H and O–H groups in total. The molecular formula is C21H18ClFN2O2S. The molecule has 0 aliphatic carbocycles. The zero-order valence-electron chi connectivity index (χ0n) is 15.3. The van der Waals surface area contributed by atoms with E-state index >= 15 is 0 Å². The molecule has 1 atom stereocenters. The molecular weight excluding hydrogens is 399 g/mol. The number of hydrogen-bond donors (Lipinski definition) is 2.